The summed E-state index contributed by atoms with van der Waals surface area (Å²) < 4.78 is 57.8. The van der Waals surface area contributed by atoms with Crippen LogP contribution in [-0.2, 0) is 4.74 Å². The number of benzene rings is 1. The summed E-state index contributed by atoms with van der Waals surface area (Å²) in [5, 5.41) is 0.607. The topological polar surface area (TPSA) is 80.3 Å². The lowest BCUT2D eigenvalue weighted by atomic mass is 9.72. The van der Waals surface area contributed by atoms with Gasteiger partial charge in [0.25, 0.3) is 0 Å². The molecule has 1 amide bonds. The molecule has 4 heterocycles. The molecule has 5 rings (SSSR count). The van der Waals surface area contributed by atoms with Gasteiger partial charge in [-0.2, -0.15) is 23.1 Å². The van der Waals surface area contributed by atoms with Crippen LogP contribution in [0, 0.1) is 8.99 Å². The molecule has 3 fully saturated rings. The Hall–Kier alpha value is -1.81. The summed E-state index contributed by atoms with van der Waals surface area (Å²) in [6, 6.07) is 2.00. The van der Waals surface area contributed by atoms with E-state index in [0.717, 1.165) is 38.8 Å². The van der Waals surface area contributed by atoms with E-state index in [9.17, 15) is 18.0 Å². The predicted molar refractivity (Wildman–Crippen MR) is 164 cm³/mol. The first kappa shape index (κ1) is 31.6. The molecule has 0 bridgehead atoms. The van der Waals surface area contributed by atoms with Crippen molar-refractivity contribution >= 4 is 61.3 Å². The van der Waals surface area contributed by atoms with E-state index >= 15 is 0 Å². The number of likely N-dealkylation sites (tertiary alicyclic amines) is 2. The Bertz CT molecular complexity index is 1320. The normalized spacial score (nSPS) is 20.1. The number of piperidine rings is 2. The first-order valence-corrected chi connectivity index (χ1v) is 16.0. The molecule has 0 radical (unpaired) electrons. The van der Waals surface area contributed by atoms with Crippen LogP contribution in [0.5, 0.6) is 11.8 Å². The number of amides is 1. The number of carbonyl (C=O) groups excluding carboxylic acids is 1. The fourth-order valence-electron chi connectivity index (χ4n) is 5.71. The third kappa shape index (κ3) is 7.28. The van der Waals surface area contributed by atoms with Crippen LogP contribution in [0.3, 0.4) is 0 Å². The Kier molecular flexibility index (Phi) is 8.99. The maximum Gasteiger partial charge on any atom is 0.422 e. The highest BCUT2D eigenvalue weighted by Gasteiger charge is 2.48. The van der Waals surface area contributed by atoms with Gasteiger partial charge in [0.1, 0.15) is 23.0 Å². The first-order valence-electron chi connectivity index (χ1n) is 14.1. The summed E-state index contributed by atoms with van der Waals surface area (Å²) in [6.07, 6.45) is -1.59. The van der Waals surface area contributed by atoms with E-state index in [1.165, 1.54) is 0 Å². The molecule has 1 aromatic heterocycles. The number of hydrogen-bond acceptors (Lipinski definition) is 8. The number of aromatic nitrogens is 2. The number of fused-ring (bicyclic) bond motifs is 1. The second-order valence-corrected chi connectivity index (χ2v) is 14.5. The molecule has 2 aromatic rings. The Labute approximate surface area is 265 Å². The van der Waals surface area contributed by atoms with E-state index in [1.807, 2.05) is 26.8 Å². The highest BCUT2D eigenvalue weighted by molar-refractivity contribution is 14.1. The van der Waals surface area contributed by atoms with Gasteiger partial charge in [-0.05, 0) is 98.1 Å². The maximum atomic E-state index is 13.2. The van der Waals surface area contributed by atoms with Crippen molar-refractivity contribution in [2.24, 2.45) is 5.41 Å². The average molecular weight is 770 g/mol. The van der Waals surface area contributed by atoms with Crippen molar-refractivity contribution in [1.82, 2.24) is 19.8 Å². The average Bonchev–Trinajstić information content (AvgIpc) is 2.87. The number of ether oxygens (including phenoxy) is 3. The molecule has 0 aliphatic carbocycles. The Morgan fingerprint density at radius 3 is 2.36 bits per heavy atom. The monoisotopic (exact) mass is 769 g/mol. The third-order valence-electron chi connectivity index (χ3n) is 7.95. The molecule has 3 aliphatic heterocycles. The molecule has 0 saturated carbocycles. The van der Waals surface area contributed by atoms with Gasteiger partial charge in [-0.15, -0.1) is 0 Å². The van der Waals surface area contributed by atoms with Crippen LogP contribution in [0.15, 0.2) is 10.5 Å². The van der Waals surface area contributed by atoms with E-state index < -0.39 is 18.4 Å². The molecule has 0 unspecified atom stereocenters. The number of nitrogens with zero attached hydrogens (tertiary/aromatic N) is 5. The van der Waals surface area contributed by atoms with Crippen LogP contribution in [0.4, 0.5) is 23.8 Å². The van der Waals surface area contributed by atoms with Gasteiger partial charge in [0, 0.05) is 53.6 Å². The van der Waals surface area contributed by atoms with E-state index in [0.29, 0.717) is 45.4 Å². The number of carbonyl (C=O) groups is 1. The Balaban J connectivity index is 1.41. The Morgan fingerprint density at radius 1 is 1.12 bits per heavy atom. The van der Waals surface area contributed by atoms with Gasteiger partial charge < -0.3 is 28.9 Å². The Morgan fingerprint density at radius 2 is 1.76 bits per heavy atom. The fraction of sp³-hybridized carbons (Fsp3) is 0.679. The second kappa shape index (κ2) is 11.9. The van der Waals surface area contributed by atoms with Crippen molar-refractivity contribution in [3.05, 3.63) is 14.1 Å². The molecule has 0 atom stereocenters. The highest BCUT2D eigenvalue weighted by atomic mass is 127. The number of anilines is 1. The minimum absolute atomic E-state index is 0.0160. The van der Waals surface area contributed by atoms with Crippen molar-refractivity contribution in [1.29, 1.82) is 0 Å². The van der Waals surface area contributed by atoms with Crippen LogP contribution in [0.2, 0.25) is 0 Å². The lowest BCUT2D eigenvalue weighted by Crippen LogP contribution is -2.62. The molecule has 232 valence electrons. The van der Waals surface area contributed by atoms with E-state index in [1.54, 1.807) is 4.90 Å². The van der Waals surface area contributed by atoms with Gasteiger partial charge in [0.2, 0.25) is 0 Å². The second-order valence-electron chi connectivity index (χ2n) is 12.6. The van der Waals surface area contributed by atoms with Crippen molar-refractivity contribution in [2.75, 3.05) is 57.8 Å². The van der Waals surface area contributed by atoms with Gasteiger partial charge in [-0.25, -0.2) is 4.79 Å². The highest BCUT2D eigenvalue weighted by Crippen LogP contribution is 2.45. The molecule has 1 aromatic carbocycles. The van der Waals surface area contributed by atoms with E-state index in [-0.39, 0.29) is 34.9 Å². The van der Waals surface area contributed by atoms with Gasteiger partial charge in [0.15, 0.2) is 12.4 Å². The summed E-state index contributed by atoms with van der Waals surface area (Å²) in [7, 11) is 2.06. The fourth-order valence-corrected chi connectivity index (χ4v) is 6.68. The van der Waals surface area contributed by atoms with Crippen molar-refractivity contribution < 1.29 is 32.2 Å². The molecule has 0 N–H and O–H groups in total. The summed E-state index contributed by atoms with van der Waals surface area (Å²) in [4.78, 5) is 28.0. The molecule has 42 heavy (non-hydrogen) atoms. The molecular weight excluding hydrogens is 734 g/mol. The van der Waals surface area contributed by atoms with Gasteiger partial charge in [-0.3, -0.25) is 0 Å². The molecule has 9 nitrogen and oxygen atoms in total. The van der Waals surface area contributed by atoms with Gasteiger partial charge in [0.05, 0.1) is 4.47 Å². The van der Waals surface area contributed by atoms with Gasteiger partial charge in [-0.1, -0.05) is 0 Å². The van der Waals surface area contributed by atoms with Gasteiger partial charge >= 0.3 is 18.3 Å². The minimum Gasteiger partial charge on any atom is -0.481 e. The summed E-state index contributed by atoms with van der Waals surface area (Å²) in [5.74, 6) is 0.634. The minimum atomic E-state index is -4.51. The van der Waals surface area contributed by atoms with Crippen LogP contribution >= 0.6 is 38.5 Å². The van der Waals surface area contributed by atoms with Crippen molar-refractivity contribution in [3.63, 3.8) is 0 Å². The van der Waals surface area contributed by atoms with E-state index in [4.69, 9.17) is 19.2 Å². The molecule has 3 aliphatic rings. The quantitative estimate of drug-likeness (QED) is 0.331. The lowest BCUT2D eigenvalue weighted by molar-refractivity contribution is -0.153. The first-order chi connectivity index (χ1) is 19.6. The van der Waals surface area contributed by atoms with E-state index in [2.05, 4.69) is 60.4 Å². The predicted octanol–water partition coefficient (Wildman–Crippen LogP) is 6.25. The molecule has 14 heteroatoms. The number of hydrogen-bond donors (Lipinski definition) is 0. The third-order valence-corrected chi connectivity index (χ3v) is 10.3. The van der Waals surface area contributed by atoms with Crippen LogP contribution in [0.25, 0.3) is 10.9 Å². The van der Waals surface area contributed by atoms with Crippen LogP contribution in [-0.4, -0.2) is 96.7 Å². The molecule has 1 spiro atoms. The zero-order chi connectivity index (χ0) is 30.4. The zero-order valence-electron chi connectivity index (χ0n) is 24.2. The largest absolute Gasteiger partial charge is 0.481 e. The molecular formula is C28H36BrF3IN5O4. The number of halogens is 5. The summed E-state index contributed by atoms with van der Waals surface area (Å²) in [6.45, 7) is 8.52. The lowest BCUT2D eigenvalue weighted by Gasteiger charge is -2.53. The number of alkyl halides is 3. The van der Waals surface area contributed by atoms with Crippen LogP contribution in [0.1, 0.15) is 46.5 Å². The molecule has 3 saturated heterocycles. The summed E-state index contributed by atoms with van der Waals surface area (Å²) in [5.41, 5.74) is -0.249. The maximum absolute atomic E-state index is 13.2. The smallest absolute Gasteiger partial charge is 0.422 e. The SMILES string of the molecule is CN1CCC(Oc2nc(N3CCC4(CC3)CN(C(=O)OC(C)(C)C)C4)c3cc(I)c(Br)c(OCC(F)(F)F)c3n2)CC1. The summed E-state index contributed by atoms with van der Waals surface area (Å²) >= 11 is 5.50. The zero-order valence-corrected chi connectivity index (χ0v) is 27.9. The van der Waals surface area contributed by atoms with Crippen LogP contribution < -0.4 is 14.4 Å². The number of rotatable bonds is 5. The van der Waals surface area contributed by atoms with Crippen molar-refractivity contribution in [3.8, 4) is 11.8 Å². The van der Waals surface area contributed by atoms with Crippen molar-refractivity contribution in [2.45, 2.75) is 64.3 Å². The standard InChI is InChI=1S/C28H36BrF3IN5O4/c1-26(2,3)42-25(39)38-14-27(15-38)7-11-37(12-8-27)23-18-13-19(33)20(29)22(40-16-28(30,31)32)21(18)34-24(35-23)41-17-5-9-36(4)10-6-17/h13,17H,5-12,14-16H2,1-4H3.